The molecule has 2 aliphatic heterocycles. The topological polar surface area (TPSA) is 96.0 Å². The van der Waals surface area contributed by atoms with Crippen LogP contribution in [0.3, 0.4) is 0 Å². The molecule has 186 valence electrons. The molecule has 0 saturated carbocycles. The summed E-state index contributed by atoms with van der Waals surface area (Å²) in [5.74, 6) is -2.86. The van der Waals surface area contributed by atoms with E-state index in [2.05, 4.69) is 0 Å². The molecule has 0 bridgehead atoms. The summed E-state index contributed by atoms with van der Waals surface area (Å²) < 4.78 is 34.0. The van der Waals surface area contributed by atoms with Crippen molar-refractivity contribution in [2.75, 3.05) is 67.8 Å². The molecule has 0 unspecified atom stereocenters. The van der Waals surface area contributed by atoms with Crippen molar-refractivity contribution in [3.63, 3.8) is 0 Å². The summed E-state index contributed by atoms with van der Waals surface area (Å²) in [6, 6.07) is 0. The molecule has 0 aromatic heterocycles. The molecule has 0 radical (unpaired) electrons. The van der Waals surface area contributed by atoms with Gasteiger partial charge in [-0.05, 0) is 26.7 Å². The van der Waals surface area contributed by atoms with Crippen molar-refractivity contribution in [1.29, 1.82) is 0 Å². The van der Waals surface area contributed by atoms with Crippen molar-refractivity contribution in [1.82, 2.24) is 9.80 Å². The lowest BCUT2D eigenvalue weighted by Crippen LogP contribution is -2.54. The van der Waals surface area contributed by atoms with E-state index in [1.807, 2.05) is 0 Å². The lowest BCUT2D eigenvalue weighted by atomic mass is 10.2. The molecule has 2 heterocycles. The highest BCUT2D eigenvalue weighted by atomic mass is 16.7. The highest BCUT2D eigenvalue weighted by Crippen LogP contribution is 2.23. The van der Waals surface area contributed by atoms with Gasteiger partial charge in [-0.25, -0.2) is 0 Å². The van der Waals surface area contributed by atoms with Crippen LogP contribution in [0.4, 0.5) is 0 Å². The zero-order valence-corrected chi connectivity index (χ0v) is 20.4. The minimum Gasteiger partial charge on any atom is -0.373 e. The van der Waals surface area contributed by atoms with Gasteiger partial charge in [-0.3, -0.25) is 9.59 Å². The van der Waals surface area contributed by atoms with Crippen LogP contribution >= 0.6 is 0 Å². The molecule has 0 aromatic carbocycles. The molecule has 2 amide bonds. The minimum atomic E-state index is -1.22. The molecular formula is C22H40N2O8. The summed E-state index contributed by atoms with van der Waals surface area (Å²) in [5, 5.41) is 0. The van der Waals surface area contributed by atoms with Crippen molar-refractivity contribution in [3.8, 4) is 0 Å². The van der Waals surface area contributed by atoms with Gasteiger partial charge in [0.25, 0.3) is 11.8 Å². The zero-order chi connectivity index (χ0) is 23.8. The Morgan fingerprint density at radius 2 is 1.00 bits per heavy atom. The van der Waals surface area contributed by atoms with Crippen LogP contribution in [-0.2, 0) is 38.0 Å². The molecule has 2 aliphatic rings. The molecule has 2 saturated heterocycles. The SMILES string of the molecule is CN(C)C(=O)C1(C)OCC(OCCCCCCOC2COC(C)(C(=O)N(C)C)OC2)CO1. The van der Waals surface area contributed by atoms with Gasteiger partial charge in [-0.2, -0.15) is 0 Å². The Kier molecular flexibility index (Phi) is 10.3. The predicted molar refractivity (Wildman–Crippen MR) is 116 cm³/mol. The summed E-state index contributed by atoms with van der Waals surface area (Å²) in [5.41, 5.74) is 0. The van der Waals surface area contributed by atoms with Crippen molar-refractivity contribution in [3.05, 3.63) is 0 Å². The second-order valence-corrected chi connectivity index (χ2v) is 8.93. The quantitative estimate of drug-likeness (QED) is 0.422. The number of ether oxygens (including phenoxy) is 6. The number of amides is 2. The average Bonchev–Trinajstić information content (AvgIpc) is 2.77. The summed E-state index contributed by atoms with van der Waals surface area (Å²) in [7, 11) is 6.70. The van der Waals surface area contributed by atoms with Gasteiger partial charge in [0.1, 0.15) is 12.2 Å². The van der Waals surface area contributed by atoms with Crippen LogP contribution in [-0.4, -0.2) is 113 Å². The van der Waals surface area contributed by atoms with Gasteiger partial charge < -0.3 is 38.2 Å². The molecule has 2 rings (SSSR count). The van der Waals surface area contributed by atoms with Crippen LogP contribution in [0.1, 0.15) is 39.5 Å². The lowest BCUT2D eigenvalue weighted by Gasteiger charge is -2.37. The highest BCUT2D eigenvalue weighted by Gasteiger charge is 2.42. The van der Waals surface area contributed by atoms with E-state index >= 15 is 0 Å². The van der Waals surface area contributed by atoms with Crippen LogP contribution < -0.4 is 0 Å². The number of carbonyl (C=O) groups is 2. The fourth-order valence-corrected chi connectivity index (χ4v) is 3.50. The number of carbonyl (C=O) groups excluding carboxylic acids is 2. The maximum absolute atomic E-state index is 12.1. The molecule has 32 heavy (non-hydrogen) atoms. The van der Waals surface area contributed by atoms with Gasteiger partial charge in [0.2, 0.25) is 11.6 Å². The molecule has 2 fully saturated rings. The Labute approximate surface area is 191 Å². The van der Waals surface area contributed by atoms with Gasteiger partial charge in [-0.1, -0.05) is 12.8 Å². The Balaban J connectivity index is 1.47. The molecule has 0 spiro atoms. The molecule has 10 nitrogen and oxygen atoms in total. The number of nitrogens with zero attached hydrogens (tertiary/aromatic N) is 2. The van der Waals surface area contributed by atoms with E-state index in [-0.39, 0.29) is 24.0 Å². The Morgan fingerprint density at radius 3 is 1.28 bits per heavy atom. The smallest absolute Gasteiger partial charge is 0.282 e. The normalized spacial score (nSPS) is 30.7. The second-order valence-electron chi connectivity index (χ2n) is 8.93. The van der Waals surface area contributed by atoms with Crippen LogP contribution in [0.5, 0.6) is 0 Å². The fraction of sp³-hybridized carbons (Fsp3) is 0.909. The molecule has 0 atom stereocenters. The Morgan fingerprint density at radius 1 is 0.688 bits per heavy atom. The van der Waals surface area contributed by atoms with E-state index in [0.29, 0.717) is 39.6 Å². The molecule has 0 aromatic rings. The first-order chi connectivity index (χ1) is 15.1. The van der Waals surface area contributed by atoms with E-state index in [1.165, 1.54) is 9.80 Å². The molecule has 0 N–H and O–H groups in total. The number of hydrogen-bond acceptors (Lipinski definition) is 8. The monoisotopic (exact) mass is 460 g/mol. The number of rotatable bonds is 11. The fourth-order valence-electron chi connectivity index (χ4n) is 3.50. The van der Waals surface area contributed by atoms with Crippen LogP contribution in [0.25, 0.3) is 0 Å². The van der Waals surface area contributed by atoms with Crippen LogP contribution in [0, 0.1) is 0 Å². The first kappa shape index (κ1) is 26.9. The van der Waals surface area contributed by atoms with Gasteiger partial charge in [0.05, 0.1) is 26.4 Å². The number of likely N-dealkylation sites (N-methyl/N-ethyl adjacent to an activating group) is 2. The van der Waals surface area contributed by atoms with Crippen molar-refractivity contribution >= 4 is 11.8 Å². The van der Waals surface area contributed by atoms with E-state index in [9.17, 15) is 9.59 Å². The van der Waals surface area contributed by atoms with Gasteiger partial charge in [0.15, 0.2) is 0 Å². The summed E-state index contributed by atoms with van der Waals surface area (Å²) in [6.07, 6.45) is 3.62. The van der Waals surface area contributed by atoms with E-state index in [1.54, 1.807) is 42.0 Å². The maximum atomic E-state index is 12.1. The van der Waals surface area contributed by atoms with Crippen LogP contribution in [0.2, 0.25) is 0 Å². The standard InChI is InChI=1S/C22H40N2O8/c1-21(19(25)23(3)4)29-13-17(14-30-21)27-11-9-7-8-10-12-28-18-15-31-22(2,32-16-18)20(26)24(5)6/h17-18H,7-16H2,1-6H3. The summed E-state index contributed by atoms with van der Waals surface area (Å²) in [4.78, 5) is 27.1. The molecule has 0 aliphatic carbocycles. The minimum absolute atomic E-state index is 0.155. The highest BCUT2D eigenvalue weighted by molar-refractivity contribution is 5.83. The molecule has 10 heteroatoms. The van der Waals surface area contributed by atoms with Crippen LogP contribution in [0.15, 0.2) is 0 Å². The Bertz CT molecular complexity index is 545. The third-order valence-electron chi connectivity index (χ3n) is 5.51. The van der Waals surface area contributed by atoms with E-state index in [4.69, 9.17) is 28.4 Å². The first-order valence-electron chi connectivity index (χ1n) is 11.3. The number of hydrogen-bond donors (Lipinski definition) is 0. The van der Waals surface area contributed by atoms with Crippen molar-refractivity contribution < 1.29 is 38.0 Å². The second kappa shape index (κ2) is 12.2. The first-order valence-corrected chi connectivity index (χ1v) is 11.3. The molecular weight excluding hydrogens is 420 g/mol. The Hall–Kier alpha value is -1.30. The van der Waals surface area contributed by atoms with Crippen molar-refractivity contribution in [2.45, 2.75) is 63.3 Å². The average molecular weight is 461 g/mol. The lowest BCUT2D eigenvalue weighted by molar-refractivity contribution is -0.279. The van der Waals surface area contributed by atoms with Crippen molar-refractivity contribution in [2.24, 2.45) is 0 Å². The largest absolute Gasteiger partial charge is 0.373 e. The van der Waals surface area contributed by atoms with Gasteiger partial charge in [0, 0.05) is 41.4 Å². The number of unbranched alkanes of at least 4 members (excludes halogenated alkanes) is 3. The van der Waals surface area contributed by atoms with E-state index < -0.39 is 11.6 Å². The third-order valence-corrected chi connectivity index (χ3v) is 5.51. The van der Waals surface area contributed by atoms with Gasteiger partial charge >= 0.3 is 0 Å². The predicted octanol–water partition coefficient (Wildman–Crippen LogP) is 1.02. The summed E-state index contributed by atoms with van der Waals surface area (Å²) in [6.45, 7) is 5.90. The van der Waals surface area contributed by atoms with E-state index in [0.717, 1.165) is 25.7 Å². The zero-order valence-electron chi connectivity index (χ0n) is 20.4. The summed E-state index contributed by atoms with van der Waals surface area (Å²) >= 11 is 0. The van der Waals surface area contributed by atoms with Gasteiger partial charge in [-0.15, -0.1) is 0 Å². The maximum Gasteiger partial charge on any atom is 0.282 e. The third kappa shape index (κ3) is 7.64.